The summed E-state index contributed by atoms with van der Waals surface area (Å²) in [5.74, 6) is 1.29. The maximum absolute atomic E-state index is 9.00. The number of nitriles is 1. The topological polar surface area (TPSA) is 33.0 Å². The summed E-state index contributed by atoms with van der Waals surface area (Å²) in [6.07, 6.45) is 1.44. The molecule has 112 valence electrons. The minimum Gasteiger partial charge on any atom is -0.456 e. The standard InChI is InChI=1S/C20H21NO/c1-15-5-11-18(12-6-15)22-19(13-14-21)16-7-9-17(10-8-16)20(2,3)4/h5-13H,1-4H3/b19-13+. The van der Waals surface area contributed by atoms with Crippen LogP contribution in [0.2, 0.25) is 0 Å². The molecule has 0 N–H and O–H groups in total. The van der Waals surface area contributed by atoms with E-state index in [-0.39, 0.29) is 5.41 Å². The van der Waals surface area contributed by atoms with Gasteiger partial charge in [0.25, 0.3) is 0 Å². The van der Waals surface area contributed by atoms with Crippen LogP contribution in [0.15, 0.2) is 54.6 Å². The number of nitrogens with zero attached hydrogens (tertiary/aromatic N) is 1. The van der Waals surface area contributed by atoms with Crippen molar-refractivity contribution in [2.75, 3.05) is 0 Å². The van der Waals surface area contributed by atoms with Crippen LogP contribution in [0.3, 0.4) is 0 Å². The quantitative estimate of drug-likeness (QED) is 0.572. The van der Waals surface area contributed by atoms with Gasteiger partial charge in [-0.05, 0) is 30.0 Å². The van der Waals surface area contributed by atoms with Gasteiger partial charge in [-0.15, -0.1) is 0 Å². The van der Waals surface area contributed by atoms with Gasteiger partial charge in [0.1, 0.15) is 11.5 Å². The molecule has 0 heterocycles. The van der Waals surface area contributed by atoms with Crippen LogP contribution < -0.4 is 4.74 Å². The summed E-state index contributed by atoms with van der Waals surface area (Å²) in [6.45, 7) is 8.56. The van der Waals surface area contributed by atoms with Crippen LogP contribution in [0, 0.1) is 18.3 Å². The molecule has 0 spiro atoms. The molecule has 0 saturated carbocycles. The second-order valence-electron chi connectivity index (χ2n) is 6.38. The van der Waals surface area contributed by atoms with Crippen molar-refractivity contribution in [2.45, 2.75) is 33.1 Å². The van der Waals surface area contributed by atoms with Crippen molar-refractivity contribution < 1.29 is 4.74 Å². The molecule has 0 saturated heterocycles. The fourth-order valence-corrected chi connectivity index (χ4v) is 2.10. The van der Waals surface area contributed by atoms with Crippen molar-refractivity contribution in [2.24, 2.45) is 0 Å². The molecular weight excluding hydrogens is 270 g/mol. The van der Waals surface area contributed by atoms with Gasteiger partial charge in [0.2, 0.25) is 0 Å². The van der Waals surface area contributed by atoms with Gasteiger partial charge in [0.15, 0.2) is 0 Å². The Balaban J connectivity index is 2.27. The van der Waals surface area contributed by atoms with Crippen molar-refractivity contribution in [3.63, 3.8) is 0 Å². The predicted molar refractivity (Wildman–Crippen MR) is 90.5 cm³/mol. The van der Waals surface area contributed by atoms with Gasteiger partial charge in [-0.1, -0.05) is 62.7 Å². The molecule has 0 aliphatic rings. The molecule has 0 aromatic heterocycles. The fourth-order valence-electron chi connectivity index (χ4n) is 2.10. The number of rotatable bonds is 3. The summed E-state index contributed by atoms with van der Waals surface area (Å²) in [4.78, 5) is 0. The van der Waals surface area contributed by atoms with Crippen molar-refractivity contribution in [1.82, 2.24) is 0 Å². The van der Waals surface area contributed by atoms with Gasteiger partial charge in [-0.25, -0.2) is 0 Å². The molecular formula is C20H21NO. The van der Waals surface area contributed by atoms with E-state index in [1.54, 1.807) is 0 Å². The third-order valence-corrected chi connectivity index (χ3v) is 3.48. The van der Waals surface area contributed by atoms with E-state index in [0.29, 0.717) is 5.76 Å². The van der Waals surface area contributed by atoms with Crippen LogP contribution in [0.5, 0.6) is 5.75 Å². The predicted octanol–water partition coefficient (Wildman–Crippen LogP) is 5.24. The molecule has 2 nitrogen and oxygen atoms in total. The van der Waals surface area contributed by atoms with Gasteiger partial charge in [0.05, 0.1) is 12.1 Å². The van der Waals surface area contributed by atoms with E-state index in [0.717, 1.165) is 11.3 Å². The number of hydrogen-bond donors (Lipinski definition) is 0. The Kier molecular flexibility index (Phi) is 4.68. The summed E-state index contributed by atoms with van der Waals surface area (Å²) >= 11 is 0. The summed E-state index contributed by atoms with van der Waals surface area (Å²) in [5, 5.41) is 9.00. The van der Waals surface area contributed by atoms with E-state index in [2.05, 4.69) is 39.0 Å². The third kappa shape index (κ3) is 3.99. The SMILES string of the molecule is Cc1ccc(O/C(=C/C#N)c2ccc(C(C)(C)C)cc2)cc1. The fraction of sp³-hybridized carbons (Fsp3) is 0.250. The molecule has 0 aliphatic carbocycles. The average molecular weight is 291 g/mol. The lowest BCUT2D eigenvalue weighted by Gasteiger charge is -2.19. The maximum atomic E-state index is 9.00. The van der Waals surface area contributed by atoms with Crippen LogP contribution in [0.4, 0.5) is 0 Å². The van der Waals surface area contributed by atoms with E-state index < -0.39 is 0 Å². The first-order valence-corrected chi connectivity index (χ1v) is 7.35. The molecule has 0 bridgehead atoms. The lowest BCUT2D eigenvalue weighted by molar-refractivity contribution is 0.515. The number of hydrogen-bond acceptors (Lipinski definition) is 2. The molecule has 22 heavy (non-hydrogen) atoms. The van der Waals surface area contributed by atoms with Gasteiger partial charge in [-0.3, -0.25) is 0 Å². The Hall–Kier alpha value is -2.53. The van der Waals surface area contributed by atoms with E-state index in [9.17, 15) is 0 Å². The minimum absolute atomic E-state index is 0.107. The average Bonchev–Trinajstić information content (AvgIpc) is 2.48. The normalized spacial score (nSPS) is 11.9. The molecule has 0 atom stereocenters. The lowest BCUT2D eigenvalue weighted by Crippen LogP contribution is -2.10. The number of allylic oxidation sites excluding steroid dienone is 1. The Morgan fingerprint density at radius 1 is 1.00 bits per heavy atom. The van der Waals surface area contributed by atoms with E-state index in [1.165, 1.54) is 17.2 Å². The molecule has 2 aromatic carbocycles. The van der Waals surface area contributed by atoms with Crippen molar-refractivity contribution in [3.8, 4) is 11.8 Å². The van der Waals surface area contributed by atoms with Crippen molar-refractivity contribution in [1.29, 1.82) is 5.26 Å². The number of benzene rings is 2. The first-order chi connectivity index (χ1) is 10.4. The summed E-state index contributed by atoms with van der Waals surface area (Å²) in [7, 11) is 0. The highest BCUT2D eigenvalue weighted by atomic mass is 16.5. The van der Waals surface area contributed by atoms with Gasteiger partial charge < -0.3 is 4.74 Å². The van der Waals surface area contributed by atoms with E-state index in [1.807, 2.05) is 43.3 Å². The second kappa shape index (κ2) is 6.49. The van der Waals surface area contributed by atoms with Gasteiger partial charge >= 0.3 is 0 Å². The highest BCUT2D eigenvalue weighted by molar-refractivity contribution is 5.64. The van der Waals surface area contributed by atoms with Crippen molar-refractivity contribution in [3.05, 3.63) is 71.3 Å². The third-order valence-electron chi connectivity index (χ3n) is 3.48. The Morgan fingerprint density at radius 2 is 1.59 bits per heavy atom. The van der Waals surface area contributed by atoms with Crippen LogP contribution >= 0.6 is 0 Å². The highest BCUT2D eigenvalue weighted by Crippen LogP contribution is 2.26. The van der Waals surface area contributed by atoms with Crippen LogP contribution in [-0.4, -0.2) is 0 Å². The zero-order valence-electron chi connectivity index (χ0n) is 13.6. The van der Waals surface area contributed by atoms with E-state index >= 15 is 0 Å². The summed E-state index contributed by atoms with van der Waals surface area (Å²) in [6, 6.07) is 18.0. The minimum atomic E-state index is 0.107. The first-order valence-electron chi connectivity index (χ1n) is 7.35. The Bertz CT molecular complexity index is 695. The molecule has 0 unspecified atom stereocenters. The van der Waals surface area contributed by atoms with Crippen LogP contribution in [0.1, 0.15) is 37.5 Å². The smallest absolute Gasteiger partial charge is 0.145 e. The monoisotopic (exact) mass is 291 g/mol. The maximum Gasteiger partial charge on any atom is 0.145 e. The lowest BCUT2D eigenvalue weighted by atomic mass is 9.86. The van der Waals surface area contributed by atoms with Gasteiger partial charge in [-0.2, -0.15) is 5.26 Å². The Morgan fingerprint density at radius 3 is 2.09 bits per heavy atom. The molecule has 2 heteroatoms. The molecule has 0 aliphatic heterocycles. The second-order valence-corrected chi connectivity index (χ2v) is 6.38. The molecule has 0 fully saturated rings. The summed E-state index contributed by atoms with van der Waals surface area (Å²) < 4.78 is 5.86. The summed E-state index contributed by atoms with van der Waals surface area (Å²) in [5.41, 5.74) is 3.43. The van der Waals surface area contributed by atoms with Crippen LogP contribution in [-0.2, 0) is 5.41 Å². The zero-order valence-corrected chi connectivity index (χ0v) is 13.6. The number of ether oxygens (including phenoxy) is 1. The largest absolute Gasteiger partial charge is 0.456 e. The first kappa shape index (κ1) is 15.9. The highest BCUT2D eigenvalue weighted by Gasteiger charge is 2.14. The molecule has 2 aromatic rings. The van der Waals surface area contributed by atoms with Gasteiger partial charge in [0, 0.05) is 5.56 Å². The van der Waals surface area contributed by atoms with Crippen LogP contribution in [0.25, 0.3) is 5.76 Å². The molecule has 0 amide bonds. The molecule has 2 rings (SSSR count). The number of aryl methyl sites for hydroxylation is 1. The Labute approximate surface area is 132 Å². The van der Waals surface area contributed by atoms with E-state index in [4.69, 9.17) is 10.00 Å². The zero-order chi connectivity index (χ0) is 16.2. The molecule has 0 radical (unpaired) electrons. The van der Waals surface area contributed by atoms with Crippen molar-refractivity contribution >= 4 is 5.76 Å².